The SMILES string of the molecule is O=[N+]1/C=C/C=C\C=Nc2cc3c[nH]cc3cc21. The molecular formula is C13H10N3O+. The van der Waals surface area contributed by atoms with Crippen molar-refractivity contribution in [2.45, 2.75) is 0 Å². The van der Waals surface area contributed by atoms with E-state index in [2.05, 4.69) is 9.98 Å². The van der Waals surface area contributed by atoms with Crippen molar-refractivity contribution in [1.82, 2.24) is 4.98 Å². The summed E-state index contributed by atoms with van der Waals surface area (Å²) in [7, 11) is 0. The van der Waals surface area contributed by atoms with E-state index in [9.17, 15) is 4.91 Å². The van der Waals surface area contributed by atoms with Crippen molar-refractivity contribution >= 4 is 28.4 Å². The molecule has 0 saturated heterocycles. The summed E-state index contributed by atoms with van der Waals surface area (Å²) in [6.07, 6.45) is 12.2. The van der Waals surface area contributed by atoms with Crippen molar-refractivity contribution in [3.8, 4) is 0 Å². The number of benzene rings is 1. The van der Waals surface area contributed by atoms with E-state index in [0.717, 1.165) is 15.5 Å². The third kappa shape index (κ3) is 1.69. The number of allylic oxidation sites excluding steroid dienone is 3. The molecule has 1 aromatic carbocycles. The molecular weight excluding hydrogens is 214 g/mol. The van der Waals surface area contributed by atoms with E-state index in [1.165, 1.54) is 6.20 Å². The van der Waals surface area contributed by atoms with Crippen LogP contribution >= 0.6 is 0 Å². The highest BCUT2D eigenvalue weighted by Gasteiger charge is 2.18. The lowest BCUT2D eigenvalue weighted by molar-refractivity contribution is -0.383. The summed E-state index contributed by atoms with van der Waals surface area (Å²) in [6.45, 7) is 0. The van der Waals surface area contributed by atoms with Crippen molar-refractivity contribution < 1.29 is 4.76 Å². The number of aromatic nitrogens is 1. The second-order valence-electron chi connectivity index (χ2n) is 3.76. The molecule has 0 spiro atoms. The summed E-state index contributed by atoms with van der Waals surface area (Å²) in [5.74, 6) is 0. The van der Waals surface area contributed by atoms with Crippen LogP contribution in [0.1, 0.15) is 0 Å². The summed E-state index contributed by atoms with van der Waals surface area (Å²) < 4.78 is 0.828. The molecule has 0 saturated carbocycles. The molecule has 0 radical (unpaired) electrons. The number of aliphatic imine (C=N–C) groups is 1. The lowest BCUT2D eigenvalue weighted by Crippen LogP contribution is -1.89. The van der Waals surface area contributed by atoms with Crippen LogP contribution in [0.2, 0.25) is 0 Å². The standard InChI is InChI=1S/C13H10N3O/c17-16-5-3-1-2-4-15-12-6-10-8-14-9-11(10)7-13(12)16/h1-9,14H/q+1/b2-1-,5-3+,15-4?. The molecule has 1 N–H and O–H groups in total. The summed E-state index contributed by atoms with van der Waals surface area (Å²) >= 11 is 0. The van der Waals surface area contributed by atoms with Gasteiger partial charge in [0.05, 0.1) is 4.76 Å². The maximum Gasteiger partial charge on any atom is 0.288 e. The normalized spacial score (nSPS) is 18.2. The maximum atomic E-state index is 11.9. The number of hydrogen-bond donors (Lipinski definition) is 1. The van der Waals surface area contributed by atoms with Crippen molar-refractivity contribution in [2.75, 3.05) is 0 Å². The van der Waals surface area contributed by atoms with Crippen LogP contribution < -0.4 is 0 Å². The van der Waals surface area contributed by atoms with E-state index in [4.69, 9.17) is 0 Å². The number of nitrogens with zero attached hydrogens (tertiary/aromatic N) is 2. The van der Waals surface area contributed by atoms with E-state index in [1.54, 1.807) is 24.4 Å². The zero-order valence-electron chi connectivity index (χ0n) is 9.00. The summed E-state index contributed by atoms with van der Waals surface area (Å²) in [5, 5.41) is 2.04. The molecule has 0 fully saturated rings. The molecule has 17 heavy (non-hydrogen) atoms. The van der Waals surface area contributed by atoms with Gasteiger partial charge in [-0.25, -0.2) is 4.99 Å². The van der Waals surface area contributed by atoms with E-state index in [0.29, 0.717) is 11.4 Å². The smallest absolute Gasteiger partial charge is 0.288 e. The molecule has 2 aromatic rings. The zero-order valence-corrected chi connectivity index (χ0v) is 9.00. The van der Waals surface area contributed by atoms with E-state index < -0.39 is 0 Å². The van der Waals surface area contributed by atoms with Crippen LogP contribution in [0.15, 0.2) is 53.9 Å². The molecule has 1 aliphatic heterocycles. The predicted octanol–water partition coefficient (Wildman–Crippen LogP) is 3.36. The van der Waals surface area contributed by atoms with Crippen LogP contribution in [0.3, 0.4) is 0 Å². The molecule has 3 rings (SSSR count). The first-order valence-electron chi connectivity index (χ1n) is 5.29. The van der Waals surface area contributed by atoms with E-state index >= 15 is 0 Å². The summed E-state index contributed by atoms with van der Waals surface area (Å²) in [4.78, 5) is 19.2. The number of rotatable bonds is 0. The fraction of sp³-hybridized carbons (Fsp3) is 0. The monoisotopic (exact) mass is 224 g/mol. The molecule has 82 valence electrons. The fourth-order valence-corrected chi connectivity index (χ4v) is 1.81. The van der Waals surface area contributed by atoms with Crippen molar-refractivity contribution in [1.29, 1.82) is 0 Å². The topological polar surface area (TPSA) is 48.2 Å². The minimum atomic E-state index is 0.549. The van der Waals surface area contributed by atoms with Gasteiger partial charge in [0.2, 0.25) is 6.20 Å². The molecule has 4 heteroatoms. The van der Waals surface area contributed by atoms with Crippen LogP contribution in [-0.4, -0.2) is 16.0 Å². The van der Waals surface area contributed by atoms with Gasteiger partial charge in [-0.1, -0.05) is 6.08 Å². The van der Waals surface area contributed by atoms with Crippen LogP contribution in [0.4, 0.5) is 11.4 Å². The average Bonchev–Trinajstić information content (AvgIpc) is 2.80. The minimum Gasteiger partial charge on any atom is -0.366 e. The second-order valence-corrected chi connectivity index (χ2v) is 3.76. The Balaban J connectivity index is 2.30. The van der Waals surface area contributed by atoms with Crippen LogP contribution in [0, 0.1) is 4.91 Å². The molecule has 2 heterocycles. The Morgan fingerprint density at radius 2 is 1.88 bits per heavy atom. The van der Waals surface area contributed by atoms with Crippen molar-refractivity contribution in [3.63, 3.8) is 0 Å². The highest BCUT2D eigenvalue weighted by Crippen LogP contribution is 2.32. The largest absolute Gasteiger partial charge is 0.366 e. The molecule has 0 unspecified atom stereocenters. The first-order chi connectivity index (χ1) is 8.34. The Kier molecular flexibility index (Phi) is 2.19. The second kappa shape index (κ2) is 3.83. The van der Waals surface area contributed by atoms with Crippen LogP contribution in [0.5, 0.6) is 0 Å². The average molecular weight is 224 g/mol. The van der Waals surface area contributed by atoms with Crippen LogP contribution in [-0.2, 0) is 0 Å². The van der Waals surface area contributed by atoms with Crippen molar-refractivity contribution in [2.24, 2.45) is 4.99 Å². The third-order valence-corrected chi connectivity index (χ3v) is 2.64. The van der Waals surface area contributed by atoms with Crippen molar-refractivity contribution in [3.05, 3.63) is 53.9 Å². The Bertz CT molecular complexity index is 677. The number of hydrogen-bond acceptors (Lipinski definition) is 2. The predicted molar refractivity (Wildman–Crippen MR) is 68.0 cm³/mol. The summed E-state index contributed by atoms with van der Waals surface area (Å²) in [6, 6.07) is 3.73. The number of fused-ring (bicyclic) bond motifs is 2. The van der Waals surface area contributed by atoms with Gasteiger partial charge in [-0.2, -0.15) is 0 Å². The number of aromatic amines is 1. The highest BCUT2D eigenvalue weighted by atomic mass is 16.3. The Hall–Kier alpha value is -2.49. The van der Waals surface area contributed by atoms with Gasteiger partial charge < -0.3 is 4.98 Å². The van der Waals surface area contributed by atoms with Gasteiger partial charge in [-0.15, -0.1) is 0 Å². The number of H-pyrrole nitrogens is 1. The van der Waals surface area contributed by atoms with Gasteiger partial charge >= 0.3 is 0 Å². The van der Waals surface area contributed by atoms with Gasteiger partial charge in [-0.05, 0) is 12.1 Å². The molecule has 1 aromatic heterocycles. The molecule has 4 nitrogen and oxygen atoms in total. The Morgan fingerprint density at radius 1 is 1.06 bits per heavy atom. The molecule has 0 bridgehead atoms. The minimum absolute atomic E-state index is 0.549. The first kappa shape index (κ1) is 9.72. The van der Waals surface area contributed by atoms with Gasteiger partial charge in [0.25, 0.3) is 5.69 Å². The quantitative estimate of drug-likeness (QED) is 0.685. The Morgan fingerprint density at radius 3 is 2.76 bits per heavy atom. The van der Waals surface area contributed by atoms with Gasteiger partial charge in [0.1, 0.15) is 5.69 Å². The highest BCUT2D eigenvalue weighted by molar-refractivity contribution is 5.90. The summed E-state index contributed by atoms with van der Waals surface area (Å²) in [5.41, 5.74) is 1.22. The number of nitroso groups, excluding NO2 is 1. The first-order valence-corrected chi connectivity index (χ1v) is 5.29. The Labute approximate surface area is 97.6 Å². The van der Waals surface area contributed by atoms with Gasteiger partial charge in [-0.3, -0.25) is 0 Å². The van der Waals surface area contributed by atoms with E-state index in [1.807, 2.05) is 24.5 Å². The molecule has 1 aliphatic rings. The lowest BCUT2D eigenvalue weighted by atomic mass is 10.1. The maximum absolute atomic E-state index is 11.9. The zero-order chi connectivity index (χ0) is 11.7. The lowest BCUT2D eigenvalue weighted by Gasteiger charge is -1.96. The van der Waals surface area contributed by atoms with Gasteiger partial charge in [0.15, 0.2) is 0 Å². The van der Waals surface area contributed by atoms with Gasteiger partial charge in [0, 0.05) is 46.4 Å². The molecule has 0 amide bonds. The van der Waals surface area contributed by atoms with Crippen LogP contribution in [0.25, 0.3) is 10.8 Å². The van der Waals surface area contributed by atoms with E-state index in [-0.39, 0.29) is 0 Å². The fourth-order valence-electron chi connectivity index (χ4n) is 1.81. The number of nitrogens with one attached hydrogen (secondary N) is 1. The molecule has 0 atom stereocenters. The molecule has 0 aliphatic carbocycles. The third-order valence-electron chi connectivity index (χ3n) is 2.64.